The number of phenols is 4. The van der Waals surface area contributed by atoms with Gasteiger partial charge < -0.3 is 20.4 Å². The molecule has 3 aromatic rings. The Labute approximate surface area is 159 Å². The molecule has 1 aliphatic carbocycles. The van der Waals surface area contributed by atoms with Crippen molar-refractivity contribution >= 4 is 11.6 Å². The molecule has 3 aromatic carbocycles. The molecule has 0 radical (unpaired) electrons. The highest BCUT2D eigenvalue weighted by Gasteiger charge is 2.37. The van der Waals surface area contributed by atoms with Crippen molar-refractivity contribution in [2.75, 3.05) is 0 Å². The van der Waals surface area contributed by atoms with Crippen molar-refractivity contribution in [2.45, 2.75) is 12.8 Å². The van der Waals surface area contributed by atoms with E-state index in [0.29, 0.717) is 16.7 Å². The molecule has 0 saturated heterocycles. The number of hydrogen-bond acceptors (Lipinski definition) is 6. The van der Waals surface area contributed by atoms with Crippen molar-refractivity contribution in [1.29, 1.82) is 0 Å². The van der Waals surface area contributed by atoms with Gasteiger partial charge in [-0.2, -0.15) is 0 Å². The zero-order valence-electron chi connectivity index (χ0n) is 14.8. The van der Waals surface area contributed by atoms with Crippen LogP contribution in [0.3, 0.4) is 0 Å². The number of carbonyl (C=O) groups excluding carboxylic acids is 2. The minimum absolute atomic E-state index is 0.00352. The Morgan fingerprint density at radius 3 is 2.21 bits per heavy atom. The molecule has 6 nitrogen and oxygen atoms in total. The second kappa shape index (κ2) is 6.13. The van der Waals surface area contributed by atoms with Crippen molar-refractivity contribution in [3.63, 3.8) is 0 Å². The maximum atomic E-state index is 13.1. The lowest BCUT2D eigenvalue weighted by molar-refractivity contribution is -0.117. The third kappa shape index (κ3) is 2.42. The van der Waals surface area contributed by atoms with Crippen LogP contribution in [0.1, 0.15) is 39.9 Å². The first kappa shape index (κ1) is 17.6. The van der Waals surface area contributed by atoms with Crippen LogP contribution in [-0.4, -0.2) is 32.0 Å². The van der Waals surface area contributed by atoms with Crippen LogP contribution in [0.5, 0.6) is 23.0 Å². The SMILES string of the molecule is CC(=O)C1c2cccc(O)c2C(=O)c2c1ccc(-c1ccc(O)c(O)c1)c2O. The number of Topliss-reactive ketones (excluding diaryl/α,β-unsaturated/α-hetero) is 1. The van der Waals surface area contributed by atoms with Crippen molar-refractivity contribution in [3.8, 4) is 34.1 Å². The van der Waals surface area contributed by atoms with Gasteiger partial charge in [0.2, 0.25) is 5.78 Å². The van der Waals surface area contributed by atoms with Gasteiger partial charge in [-0.15, -0.1) is 0 Å². The van der Waals surface area contributed by atoms with Gasteiger partial charge in [0.15, 0.2) is 11.5 Å². The Hall–Kier alpha value is -3.80. The van der Waals surface area contributed by atoms with Crippen molar-refractivity contribution in [3.05, 3.63) is 70.8 Å². The van der Waals surface area contributed by atoms with E-state index in [1.54, 1.807) is 24.3 Å². The van der Waals surface area contributed by atoms with E-state index in [1.807, 2.05) is 0 Å². The van der Waals surface area contributed by atoms with Crippen molar-refractivity contribution < 1.29 is 30.0 Å². The normalized spacial score (nSPS) is 15.0. The van der Waals surface area contributed by atoms with Crippen LogP contribution in [-0.2, 0) is 4.79 Å². The Bertz CT molecular complexity index is 1160. The minimum Gasteiger partial charge on any atom is -0.507 e. The molecule has 1 aliphatic rings. The van der Waals surface area contributed by atoms with E-state index >= 15 is 0 Å². The quantitative estimate of drug-likeness (QED) is 0.509. The van der Waals surface area contributed by atoms with Gasteiger partial charge in [0.25, 0.3) is 0 Å². The molecule has 28 heavy (non-hydrogen) atoms. The zero-order valence-corrected chi connectivity index (χ0v) is 14.8. The van der Waals surface area contributed by atoms with E-state index in [-0.39, 0.29) is 45.5 Å². The number of aromatic hydroxyl groups is 4. The first-order valence-electron chi connectivity index (χ1n) is 8.56. The lowest BCUT2D eigenvalue weighted by Crippen LogP contribution is -2.24. The largest absolute Gasteiger partial charge is 0.507 e. The zero-order chi connectivity index (χ0) is 20.2. The van der Waals surface area contributed by atoms with Crippen LogP contribution >= 0.6 is 0 Å². The highest BCUT2D eigenvalue weighted by Crippen LogP contribution is 2.46. The second-order valence-corrected chi connectivity index (χ2v) is 6.74. The summed E-state index contributed by atoms with van der Waals surface area (Å²) in [4.78, 5) is 25.5. The molecule has 4 N–H and O–H groups in total. The van der Waals surface area contributed by atoms with Crippen LogP contribution in [0.2, 0.25) is 0 Å². The van der Waals surface area contributed by atoms with E-state index < -0.39 is 11.7 Å². The molecule has 4 rings (SSSR count). The first-order valence-corrected chi connectivity index (χ1v) is 8.56. The average Bonchev–Trinajstić information content (AvgIpc) is 2.64. The van der Waals surface area contributed by atoms with Crippen molar-refractivity contribution in [1.82, 2.24) is 0 Å². The van der Waals surface area contributed by atoms with E-state index in [2.05, 4.69) is 0 Å². The van der Waals surface area contributed by atoms with Gasteiger partial charge in [0.05, 0.1) is 17.0 Å². The minimum atomic E-state index is -0.789. The van der Waals surface area contributed by atoms with Crippen LogP contribution in [0.15, 0.2) is 48.5 Å². The van der Waals surface area contributed by atoms with E-state index in [9.17, 15) is 30.0 Å². The lowest BCUT2D eigenvalue weighted by Gasteiger charge is -2.27. The average molecular weight is 376 g/mol. The summed E-state index contributed by atoms with van der Waals surface area (Å²) < 4.78 is 0. The summed E-state index contributed by atoms with van der Waals surface area (Å²) in [6.07, 6.45) is 0. The van der Waals surface area contributed by atoms with E-state index in [4.69, 9.17) is 0 Å². The highest BCUT2D eigenvalue weighted by molar-refractivity contribution is 6.18. The highest BCUT2D eigenvalue weighted by atomic mass is 16.3. The Balaban J connectivity index is 2.00. The van der Waals surface area contributed by atoms with E-state index in [1.165, 1.54) is 31.2 Å². The standard InChI is InChI=1S/C22H16O6/c1-10(23)18-13-3-2-4-16(25)19(13)22(28)20-14(18)7-6-12(21(20)27)11-5-8-15(24)17(26)9-11/h2-9,18,24-27H,1H3. The second-order valence-electron chi connectivity index (χ2n) is 6.74. The predicted molar refractivity (Wildman–Crippen MR) is 101 cm³/mol. The third-order valence-electron chi connectivity index (χ3n) is 5.05. The summed E-state index contributed by atoms with van der Waals surface area (Å²) in [5.41, 5.74) is 1.34. The molecular formula is C22H16O6. The topological polar surface area (TPSA) is 115 Å². The van der Waals surface area contributed by atoms with E-state index in [0.717, 1.165) is 0 Å². The van der Waals surface area contributed by atoms with Gasteiger partial charge in [-0.25, -0.2) is 0 Å². The summed E-state index contributed by atoms with van der Waals surface area (Å²) in [5.74, 6) is -2.89. The van der Waals surface area contributed by atoms with Crippen LogP contribution in [0.25, 0.3) is 11.1 Å². The number of carbonyl (C=O) groups is 2. The van der Waals surface area contributed by atoms with Crippen molar-refractivity contribution in [2.24, 2.45) is 0 Å². The molecule has 1 unspecified atom stereocenters. The lowest BCUT2D eigenvalue weighted by atomic mass is 9.74. The number of ketones is 2. The van der Waals surface area contributed by atoms with Crippen LogP contribution < -0.4 is 0 Å². The monoisotopic (exact) mass is 376 g/mol. The summed E-state index contributed by atoms with van der Waals surface area (Å²) in [5, 5.41) is 40.3. The fraction of sp³-hybridized carbons (Fsp3) is 0.0909. The molecule has 0 spiro atoms. The molecule has 0 bridgehead atoms. The molecule has 6 heteroatoms. The van der Waals surface area contributed by atoms with Gasteiger partial charge >= 0.3 is 0 Å². The number of rotatable bonds is 2. The number of benzene rings is 3. The fourth-order valence-electron chi connectivity index (χ4n) is 3.79. The number of fused-ring (bicyclic) bond motifs is 2. The predicted octanol–water partition coefficient (Wildman–Crippen LogP) is 3.44. The molecule has 0 aliphatic heterocycles. The molecule has 0 saturated carbocycles. The molecule has 140 valence electrons. The van der Waals surface area contributed by atoms with Gasteiger partial charge in [-0.1, -0.05) is 30.3 Å². The third-order valence-corrected chi connectivity index (χ3v) is 5.05. The molecule has 0 fully saturated rings. The number of hydrogen-bond donors (Lipinski definition) is 4. The Morgan fingerprint density at radius 1 is 0.821 bits per heavy atom. The summed E-state index contributed by atoms with van der Waals surface area (Å²) in [6.45, 7) is 1.39. The molecular weight excluding hydrogens is 360 g/mol. The Morgan fingerprint density at radius 2 is 1.54 bits per heavy atom. The summed E-state index contributed by atoms with van der Waals surface area (Å²) in [6, 6.07) is 11.7. The van der Waals surface area contributed by atoms with Gasteiger partial charge in [0, 0.05) is 5.56 Å². The molecule has 1 atom stereocenters. The summed E-state index contributed by atoms with van der Waals surface area (Å²) >= 11 is 0. The molecule has 0 amide bonds. The van der Waals surface area contributed by atoms with Crippen LogP contribution in [0.4, 0.5) is 0 Å². The van der Waals surface area contributed by atoms with Crippen LogP contribution in [0, 0.1) is 0 Å². The van der Waals surface area contributed by atoms with Gasteiger partial charge in [0.1, 0.15) is 17.3 Å². The Kier molecular flexibility index (Phi) is 3.85. The first-order chi connectivity index (χ1) is 13.3. The smallest absolute Gasteiger partial charge is 0.201 e. The molecule has 0 aromatic heterocycles. The summed E-state index contributed by atoms with van der Waals surface area (Å²) in [7, 11) is 0. The molecule has 0 heterocycles. The van der Waals surface area contributed by atoms with Gasteiger partial charge in [-0.3, -0.25) is 9.59 Å². The van der Waals surface area contributed by atoms with Gasteiger partial charge in [-0.05, 0) is 41.8 Å². The maximum absolute atomic E-state index is 13.1. The fourth-order valence-corrected chi connectivity index (χ4v) is 3.79. The number of phenolic OH excluding ortho intramolecular Hbond substituents is 4. The maximum Gasteiger partial charge on any atom is 0.201 e.